The summed E-state index contributed by atoms with van der Waals surface area (Å²) < 4.78 is 15.0. The summed E-state index contributed by atoms with van der Waals surface area (Å²) in [5, 5.41) is 0. The van der Waals surface area contributed by atoms with Gasteiger partial charge in [-0.1, -0.05) is 59.1 Å². The van der Waals surface area contributed by atoms with Gasteiger partial charge >= 0.3 is 0 Å². The van der Waals surface area contributed by atoms with Gasteiger partial charge in [-0.2, -0.15) is 4.79 Å². The van der Waals surface area contributed by atoms with Crippen LogP contribution in [0.2, 0.25) is 0 Å². The minimum absolute atomic E-state index is 0.225. The summed E-state index contributed by atoms with van der Waals surface area (Å²) in [5.41, 5.74) is 10.7. The number of primary amides is 1. The van der Waals surface area contributed by atoms with Gasteiger partial charge in [0.15, 0.2) is 5.82 Å². The molecular formula is C21H14FN3O. The number of fused-ring (bicyclic) bond motifs is 4. The molecule has 1 atom stereocenters. The number of aromatic nitrogens is 2. The minimum Gasteiger partial charge on any atom is -0.369 e. The molecule has 1 amide bonds. The molecule has 4 aromatic rings. The average molecular weight is 343 g/mol. The van der Waals surface area contributed by atoms with Crippen molar-refractivity contribution in [3.05, 3.63) is 77.9 Å². The number of nitrogens with two attached hydrogens (primary N) is 1. The number of carbonyl (C=O) groups is 1. The molecule has 1 heterocycles. The Labute approximate surface area is 148 Å². The van der Waals surface area contributed by atoms with Crippen LogP contribution in [0.3, 0.4) is 0 Å². The maximum Gasteiger partial charge on any atom is 0.229 e. The molecule has 3 aromatic carbocycles. The summed E-state index contributed by atoms with van der Waals surface area (Å²) in [4.78, 5) is 17.2. The second-order valence-electron chi connectivity index (χ2n) is 6.40. The maximum atomic E-state index is 15.0. The Bertz CT molecular complexity index is 1200. The van der Waals surface area contributed by atoms with E-state index in [0.29, 0.717) is 21.4 Å². The van der Waals surface area contributed by atoms with Crippen molar-refractivity contribution in [2.45, 2.75) is 5.92 Å². The van der Waals surface area contributed by atoms with Crippen molar-refractivity contribution < 1.29 is 9.28 Å². The fourth-order valence-corrected chi connectivity index (χ4v) is 3.91. The summed E-state index contributed by atoms with van der Waals surface area (Å²) in [6, 6.07) is 20.2. The van der Waals surface area contributed by atoms with E-state index in [1.54, 1.807) is 18.2 Å². The molecule has 5 rings (SSSR count). The normalized spacial score (nSPS) is 15.0. The van der Waals surface area contributed by atoms with Crippen LogP contribution in [0.25, 0.3) is 33.5 Å². The minimum atomic E-state index is -0.529. The number of hydrogen-bond acceptors (Lipinski definition) is 2. The lowest BCUT2D eigenvalue weighted by atomic mass is 9.95. The van der Waals surface area contributed by atoms with E-state index in [9.17, 15) is 9.28 Å². The van der Waals surface area contributed by atoms with Crippen LogP contribution in [-0.4, -0.2) is 15.7 Å². The molecule has 0 fully saturated rings. The molecule has 26 heavy (non-hydrogen) atoms. The van der Waals surface area contributed by atoms with Gasteiger partial charge in [0.1, 0.15) is 5.52 Å². The van der Waals surface area contributed by atoms with Crippen LogP contribution in [-0.2, 0) is 4.79 Å². The Hall–Kier alpha value is -3.47. The van der Waals surface area contributed by atoms with Crippen LogP contribution in [0.4, 0.5) is 4.48 Å². The van der Waals surface area contributed by atoms with Gasteiger partial charge in [0.2, 0.25) is 5.91 Å². The zero-order valence-electron chi connectivity index (χ0n) is 13.7. The molecule has 0 saturated carbocycles. The largest absolute Gasteiger partial charge is 0.369 e. The van der Waals surface area contributed by atoms with E-state index in [4.69, 9.17) is 5.73 Å². The maximum absolute atomic E-state index is 15.0. The van der Waals surface area contributed by atoms with E-state index in [1.165, 1.54) is 0 Å². The van der Waals surface area contributed by atoms with Crippen LogP contribution < -0.4 is 5.73 Å². The molecular weight excluding hydrogens is 329 g/mol. The molecule has 0 unspecified atom stereocenters. The highest BCUT2D eigenvalue weighted by atomic mass is 19.2. The molecule has 0 bridgehead atoms. The first-order valence-electron chi connectivity index (χ1n) is 8.32. The number of rotatable bonds is 2. The summed E-state index contributed by atoms with van der Waals surface area (Å²) in [5.74, 6) is -0.719. The van der Waals surface area contributed by atoms with E-state index in [-0.39, 0.29) is 5.82 Å². The fourth-order valence-electron chi connectivity index (χ4n) is 3.91. The standard InChI is InChI=1S/C21H14FN3O/c22-25-17-11-4-3-10-16(17)24-21(25)15-9-5-8-14-18(15)12-6-1-2-7-13(12)19(14)20(23)26/h1-11,19H,(H2,23,26)/t19-/m0/s1. The number of amides is 1. The van der Waals surface area contributed by atoms with Gasteiger partial charge in [-0.15, -0.1) is 0 Å². The predicted molar refractivity (Wildman–Crippen MR) is 98.1 cm³/mol. The average Bonchev–Trinajstić information content (AvgIpc) is 3.17. The van der Waals surface area contributed by atoms with Crippen LogP contribution >= 0.6 is 0 Å². The second-order valence-corrected chi connectivity index (χ2v) is 6.40. The third-order valence-electron chi connectivity index (χ3n) is 4.98. The third kappa shape index (κ3) is 1.88. The zero-order valence-corrected chi connectivity index (χ0v) is 13.7. The highest BCUT2D eigenvalue weighted by Crippen LogP contribution is 2.48. The molecule has 1 aliphatic rings. The molecule has 126 valence electrons. The molecule has 5 heteroatoms. The van der Waals surface area contributed by atoms with E-state index in [0.717, 1.165) is 22.3 Å². The first-order chi connectivity index (χ1) is 12.7. The van der Waals surface area contributed by atoms with Gasteiger partial charge in [0.05, 0.1) is 11.4 Å². The SMILES string of the molecule is NC(=O)[C@H]1c2ccccc2-c2c(-c3nc4ccccc4n3F)cccc21. The van der Waals surface area contributed by atoms with Gasteiger partial charge < -0.3 is 5.73 Å². The lowest BCUT2D eigenvalue weighted by Crippen LogP contribution is -2.20. The fraction of sp³-hybridized carbons (Fsp3) is 0.0476. The molecule has 0 radical (unpaired) electrons. The highest BCUT2D eigenvalue weighted by molar-refractivity contribution is 6.00. The number of carbonyl (C=O) groups excluding carboxylic acids is 1. The summed E-state index contributed by atoms with van der Waals surface area (Å²) in [7, 11) is 0. The number of hydrogen-bond donors (Lipinski definition) is 1. The molecule has 1 aromatic heterocycles. The Kier molecular flexibility index (Phi) is 3.00. The quantitative estimate of drug-likeness (QED) is 0.597. The molecule has 0 spiro atoms. The number of nitrogens with zero attached hydrogens (tertiary/aromatic N) is 2. The molecule has 0 saturated heterocycles. The number of imidazole rings is 1. The monoisotopic (exact) mass is 343 g/mol. The van der Waals surface area contributed by atoms with Crippen LogP contribution in [0.1, 0.15) is 17.0 Å². The van der Waals surface area contributed by atoms with E-state index >= 15 is 0 Å². The van der Waals surface area contributed by atoms with Gasteiger partial charge in [-0.25, -0.2) is 4.98 Å². The van der Waals surface area contributed by atoms with E-state index in [2.05, 4.69) is 4.98 Å². The van der Waals surface area contributed by atoms with Crippen molar-refractivity contribution in [3.63, 3.8) is 0 Å². The lowest BCUT2D eigenvalue weighted by Gasteiger charge is -2.10. The van der Waals surface area contributed by atoms with Crippen LogP contribution in [0.15, 0.2) is 66.7 Å². The topological polar surface area (TPSA) is 60.9 Å². The Morgan fingerprint density at radius 2 is 1.62 bits per heavy atom. The van der Waals surface area contributed by atoms with Crippen LogP contribution in [0.5, 0.6) is 0 Å². The number of para-hydroxylation sites is 2. The van der Waals surface area contributed by atoms with Crippen molar-refractivity contribution in [1.29, 1.82) is 0 Å². The van der Waals surface area contributed by atoms with E-state index in [1.807, 2.05) is 48.5 Å². The second kappa shape index (κ2) is 5.26. The Balaban J connectivity index is 1.85. The first-order valence-corrected chi connectivity index (χ1v) is 8.32. The number of benzene rings is 3. The zero-order chi connectivity index (χ0) is 17.8. The van der Waals surface area contributed by atoms with Gasteiger partial charge in [-0.05, 0) is 34.4 Å². The van der Waals surface area contributed by atoms with Crippen LogP contribution in [0, 0.1) is 0 Å². The van der Waals surface area contributed by atoms with Crippen molar-refractivity contribution in [1.82, 2.24) is 9.77 Å². The van der Waals surface area contributed by atoms with Crippen molar-refractivity contribution >= 4 is 16.9 Å². The first kappa shape index (κ1) is 14.8. The van der Waals surface area contributed by atoms with Crippen molar-refractivity contribution in [2.75, 3.05) is 0 Å². The van der Waals surface area contributed by atoms with Crippen molar-refractivity contribution in [2.24, 2.45) is 5.73 Å². The van der Waals surface area contributed by atoms with Gasteiger partial charge in [0, 0.05) is 5.56 Å². The molecule has 0 aliphatic heterocycles. The Morgan fingerprint density at radius 3 is 2.42 bits per heavy atom. The molecule has 2 N–H and O–H groups in total. The third-order valence-corrected chi connectivity index (χ3v) is 4.98. The van der Waals surface area contributed by atoms with Gasteiger partial charge in [-0.3, -0.25) is 4.79 Å². The van der Waals surface area contributed by atoms with Gasteiger partial charge in [0.25, 0.3) is 0 Å². The molecule has 1 aliphatic carbocycles. The summed E-state index contributed by atoms with van der Waals surface area (Å²) in [6.07, 6.45) is 0. The van der Waals surface area contributed by atoms with E-state index < -0.39 is 11.8 Å². The smallest absolute Gasteiger partial charge is 0.229 e. The Morgan fingerprint density at radius 1 is 0.923 bits per heavy atom. The number of halogens is 1. The summed E-state index contributed by atoms with van der Waals surface area (Å²) in [6.45, 7) is 0. The highest BCUT2D eigenvalue weighted by Gasteiger charge is 2.34. The summed E-state index contributed by atoms with van der Waals surface area (Å²) >= 11 is 0. The van der Waals surface area contributed by atoms with Crippen molar-refractivity contribution in [3.8, 4) is 22.5 Å². The predicted octanol–water partition coefficient (Wildman–Crippen LogP) is 4.03. The lowest BCUT2D eigenvalue weighted by molar-refractivity contribution is -0.118. The molecule has 4 nitrogen and oxygen atoms in total.